The SMILES string of the molecule is COCCOc1cc([N+](=O)[O-])c(C(=O)Nc2ccc3c(c2)Cc2ccccc2-3)cc1OC. The van der Waals surface area contributed by atoms with Crippen molar-refractivity contribution in [1.82, 2.24) is 0 Å². The van der Waals surface area contributed by atoms with Gasteiger partial charge in [-0.05, 0) is 40.8 Å². The van der Waals surface area contributed by atoms with E-state index < -0.39 is 10.8 Å². The number of nitro groups is 1. The topological polar surface area (TPSA) is 99.9 Å². The second-order valence-electron chi connectivity index (χ2n) is 7.28. The van der Waals surface area contributed by atoms with Gasteiger partial charge >= 0.3 is 0 Å². The molecular formula is C24H22N2O6. The van der Waals surface area contributed by atoms with Crippen LogP contribution in [0.4, 0.5) is 11.4 Å². The molecule has 4 rings (SSSR count). The molecule has 0 spiro atoms. The van der Waals surface area contributed by atoms with Crippen molar-refractivity contribution in [3.05, 3.63) is 81.4 Å². The normalized spacial score (nSPS) is 11.4. The largest absolute Gasteiger partial charge is 0.493 e. The Bertz CT molecular complexity index is 1190. The molecule has 0 fully saturated rings. The predicted octanol–water partition coefficient (Wildman–Crippen LogP) is 4.45. The van der Waals surface area contributed by atoms with Gasteiger partial charge in [0.1, 0.15) is 12.2 Å². The maximum absolute atomic E-state index is 13.0. The summed E-state index contributed by atoms with van der Waals surface area (Å²) >= 11 is 0. The summed E-state index contributed by atoms with van der Waals surface area (Å²) < 4.78 is 15.7. The smallest absolute Gasteiger partial charge is 0.286 e. The van der Waals surface area contributed by atoms with E-state index in [1.54, 1.807) is 6.07 Å². The summed E-state index contributed by atoms with van der Waals surface area (Å²) in [5.41, 5.74) is 4.72. The van der Waals surface area contributed by atoms with Crippen LogP contribution in [0, 0.1) is 10.1 Å². The molecule has 0 saturated carbocycles. The van der Waals surface area contributed by atoms with Crippen molar-refractivity contribution in [2.75, 3.05) is 32.8 Å². The second-order valence-corrected chi connectivity index (χ2v) is 7.28. The molecule has 0 radical (unpaired) electrons. The second kappa shape index (κ2) is 9.07. The highest BCUT2D eigenvalue weighted by atomic mass is 16.6. The molecule has 32 heavy (non-hydrogen) atoms. The number of methoxy groups -OCH3 is 2. The molecule has 1 amide bonds. The van der Waals surface area contributed by atoms with E-state index in [1.165, 1.54) is 37.5 Å². The van der Waals surface area contributed by atoms with E-state index in [0.717, 1.165) is 17.5 Å². The lowest BCUT2D eigenvalue weighted by atomic mass is 10.1. The number of ether oxygens (including phenoxy) is 3. The molecule has 1 aliphatic rings. The van der Waals surface area contributed by atoms with Crippen LogP contribution in [0.2, 0.25) is 0 Å². The molecule has 3 aromatic rings. The molecule has 0 aromatic heterocycles. The highest BCUT2D eigenvalue weighted by molar-refractivity contribution is 6.07. The third-order valence-electron chi connectivity index (χ3n) is 5.32. The van der Waals surface area contributed by atoms with Crippen LogP contribution in [0.3, 0.4) is 0 Å². The standard InChI is InChI=1S/C24H22N2O6/c1-30-9-10-32-23-14-21(26(28)29)20(13-22(23)31-2)24(27)25-17-7-8-19-16(12-17)11-15-5-3-4-6-18(15)19/h3-8,12-14H,9-11H2,1-2H3,(H,25,27). The first-order valence-electron chi connectivity index (χ1n) is 10.0. The summed E-state index contributed by atoms with van der Waals surface area (Å²) in [6.07, 6.45) is 0.775. The number of anilines is 1. The Balaban J connectivity index is 1.60. The minimum Gasteiger partial charge on any atom is -0.493 e. The molecule has 1 N–H and O–H groups in total. The zero-order chi connectivity index (χ0) is 22.7. The Morgan fingerprint density at radius 1 is 1.00 bits per heavy atom. The fourth-order valence-electron chi connectivity index (χ4n) is 3.81. The third kappa shape index (κ3) is 4.13. The maximum Gasteiger partial charge on any atom is 0.286 e. The molecule has 0 heterocycles. The van der Waals surface area contributed by atoms with Crippen LogP contribution in [0.25, 0.3) is 11.1 Å². The first kappa shape index (κ1) is 21.3. The number of nitrogens with zero attached hydrogens (tertiary/aromatic N) is 1. The van der Waals surface area contributed by atoms with Crippen LogP contribution in [-0.2, 0) is 11.2 Å². The number of amides is 1. The summed E-state index contributed by atoms with van der Waals surface area (Å²) in [6, 6.07) is 16.3. The van der Waals surface area contributed by atoms with E-state index >= 15 is 0 Å². The van der Waals surface area contributed by atoms with E-state index in [2.05, 4.69) is 17.4 Å². The zero-order valence-corrected chi connectivity index (χ0v) is 17.7. The number of nitro benzene ring substituents is 1. The number of carbonyl (C=O) groups excluding carboxylic acids is 1. The molecule has 0 bridgehead atoms. The van der Waals surface area contributed by atoms with Crippen molar-refractivity contribution in [1.29, 1.82) is 0 Å². The quantitative estimate of drug-likeness (QED) is 0.250. The van der Waals surface area contributed by atoms with Gasteiger partial charge in [0.2, 0.25) is 0 Å². The number of hydrogen-bond donors (Lipinski definition) is 1. The van der Waals surface area contributed by atoms with Gasteiger partial charge in [-0.1, -0.05) is 30.3 Å². The first-order chi connectivity index (χ1) is 15.5. The fraction of sp³-hybridized carbons (Fsp3) is 0.208. The van der Waals surface area contributed by atoms with Gasteiger partial charge < -0.3 is 19.5 Å². The number of rotatable bonds is 8. The summed E-state index contributed by atoms with van der Waals surface area (Å²) in [5, 5.41) is 14.4. The Labute approximate surface area is 184 Å². The average molecular weight is 434 g/mol. The molecule has 0 unspecified atom stereocenters. The summed E-state index contributed by atoms with van der Waals surface area (Å²) in [5.74, 6) is -0.210. The Kier molecular flexibility index (Phi) is 6.04. The van der Waals surface area contributed by atoms with E-state index in [1.807, 2.05) is 24.3 Å². The van der Waals surface area contributed by atoms with Gasteiger partial charge in [-0.3, -0.25) is 14.9 Å². The van der Waals surface area contributed by atoms with Gasteiger partial charge in [0.25, 0.3) is 11.6 Å². The summed E-state index contributed by atoms with van der Waals surface area (Å²) in [7, 11) is 2.93. The number of hydrogen-bond acceptors (Lipinski definition) is 6. The molecule has 164 valence electrons. The van der Waals surface area contributed by atoms with Crippen molar-refractivity contribution in [3.8, 4) is 22.6 Å². The molecule has 1 aliphatic carbocycles. The van der Waals surface area contributed by atoms with Gasteiger partial charge in [0.15, 0.2) is 11.5 Å². The predicted molar refractivity (Wildman–Crippen MR) is 120 cm³/mol. The van der Waals surface area contributed by atoms with E-state index in [9.17, 15) is 14.9 Å². The van der Waals surface area contributed by atoms with Gasteiger partial charge in [0.05, 0.1) is 24.7 Å². The lowest BCUT2D eigenvalue weighted by Crippen LogP contribution is -2.15. The van der Waals surface area contributed by atoms with E-state index in [0.29, 0.717) is 12.3 Å². The van der Waals surface area contributed by atoms with Gasteiger partial charge in [0, 0.05) is 18.9 Å². The number of carbonyl (C=O) groups is 1. The number of nitrogens with one attached hydrogen (secondary N) is 1. The van der Waals surface area contributed by atoms with Gasteiger partial charge in [-0.25, -0.2) is 0 Å². The van der Waals surface area contributed by atoms with Crippen molar-refractivity contribution in [2.24, 2.45) is 0 Å². The maximum atomic E-state index is 13.0. The van der Waals surface area contributed by atoms with Crippen molar-refractivity contribution < 1.29 is 23.9 Å². The molecule has 8 heteroatoms. The minimum absolute atomic E-state index is 0.116. The highest BCUT2D eigenvalue weighted by Crippen LogP contribution is 2.38. The summed E-state index contributed by atoms with van der Waals surface area (Å²) in [6.45, 7) is 0.495. The van der Waals surface area contributed by atoms with E-state index in [-0.39, 0.29) is 29.4 Å². The minimum atomic E-state index is -0.614. The van der Waals surface area contributed by atoms with Crippen molar-refractivity contribution >= 4 is 17.3 Å². The van der Waals surface area contributed by atoms with Crippen LogP contribution in [0.5, 0.6) is 11.5 Å². The molecule has 3 aromatic carbocycles. The Morgan fingerprint density at radius 3 is 2.53 bits per heavy atom. The average Bonchev–Trinajstić information content (AvgIpc) is 3.16. The van der Waals surface area contributed by atoms with Crippen LogP contribution >= 0.6 is 0 Å². The fourth-order valence-corrected chi connectivity index (χ4v) is 3.81. The molecule has 0 aliphatic heterocycles. The van der Waals surface area contributed by atoms with Crippen LogP contribution in [0.1, 0.15) is 21.5 Å². The van der Waals surface area contributed by atoms with Crippen molar-refractivity contribution in [3.63, 3.8) is 0 Å². The monoisotopic (exact) mass is 434 g/mol. The lowest BCUT2D eigenvalue weighted by Gasteiger charge is -2.13. The molecule has 0 saturated heterocycles. The van der Waals surface area contributed by atoms with Crippen molar-refractivity contribution in [2.45, 2.75) is 6.42 Å². The number of benzene rings is 3. The van der Waals surface area contributed by atoms with Crippen LogP contribution in [0.15, 0.2) is 54.6 Å². The molecule has 0 atom stereocenters. The molecule has 8 nitrogen and oxygen atoms in total. The highest BCUT2D eigenvalue weighted by Gasteiger charge is 2.25. The Hall–Kier alpha value is -3.91. The first-order valence-corrected chi connectivity index (χ1v) is 10.0. The van der Waals surface area contributed by atoms with Gasteiger partial charge in [-0.15, -0.1) is 0 Å². The zero-order valence-electron chi connectivity index (χ0n) is 17.7. The summed E-state index contributed by atoms with van der Waals surface area (Å²) in [4.78, 5) is 24.0. The lowest BCUT2D eigenvalue weighted by molar-refractivity contribution is -0.385. The van der Waals surface area contributed by atoms with Gasteiger partial charge in [-0.2, -0.15) is 0 Å². The van der Waals surface area contributed by atoms with Crippen LogP contribution in [-0.4, -0.2) is 38.3 Å². The number of fused-ring (bicyclic) bond motifs is 3. The molecular weight excluding hydrogens is 412 g/mol. The van der Waals surface area contributed by atoms with E-state index in [4.69, 9.17) is 14.2 Å². The van der Waals surface area contributed by atoms with Crippen LogP contribution < -0.4 is 14.8 Å². The Morgan fingerprint density at radius 2 is 1.78 bits per heavy atom. The third-order valence-corrected chi connectivity index (χ3v) is 5.32.